The number of fused-ring (bicyclic) bond motifs is 14. The average molecular weight is 889 g/mol. The molecular weight excluding hydrogens is 841 g/mol. The molecule has 328 valence electrons. The highest BCUT2D eigenvalue weighted by atomic mass is 14.4. The van der Waals surface area contributed by atoms with E-state index in [1.165, 1.54) is 111 Å². The normalized spacial score (nSPS) is 15.1. The fourth-order valence-corrected chi connectivity index (χ4v) is 17.5. The first kappa shape index (κ1) is 36.7. The molecule has 0 nitrogen and oxygen atoms in total. The van der Waals surface area contributed by atoms with Gasteiger partial charge in [0.25, 0.3) is 0 Å². The molecule has 0 atom stereocenters. The van der Waals surface area contributed by atoms with Crippen LogP contribution in [0.1, 0.15) is 111 Å². The van der Waals surface area contributed by atoms with Crippen LogP contribution in [-0.4, -0.2) is 0 Å². The third kappa shape index (κ3) is 3.56. The van der Waals surface area contributed by atoms with Crippen LogP contribution in [0.15, 0.2) is 72.8 Å². The molecule has 7 aliphatic rings. The fraction of sp³-hybridized carbons (Fsp3) is 0.200. The third-order valence-corrected chi connectivity index (χ3v) is 21.2. The number of benzene rings is 12. The number of rotatable bonds is 0. The van der Waals surface area contributed by atoms with Crippen LogP contribution in [0.25, 0.3) is 131 Å². The zero-order valence-corrected chi connectivity index (χ0v) is 41.2. The molecule has 0 bridgehead atoms. The van der Waals surface area contributed by atoms with Crippen LogP contribution >= 0.6 is 0 Å². The summed E-state index contributed by atoms with van der Waals surface area (Å²) in [6.07, 6.45) is 6.22. The minimum atomic E-state index is 1.02. The summed E-state index contributed by atoms with van der Waals surface area (Å²) in [6.45, 7) is 19.4. The van der Waals surface area contributed by atoms with Gasteiger partial charge in [-0.1, -0.05) is 48.5 Å². The molecule has 0 saturated heterocycles. The Bertz CT molecular complexity index is 4310. The van der Waals surface area contributed by atoms with E-state index in [0.29, 0.717) is 0 Å². The molecule has 19 rings (SSSR count). The maximum atomic E-state index is 2.68. The molecule has 0 unspecified atom stereocenters. The lowest BCUT2D eigenvalue weighted by Crippen LogP contribution is -2.00. The van der Waals surface area contributed by atoms with Gasteiger partial charge in [-0.25, -0.2) is 0 Å². The minimum Gasteiger partial charge on any atom is -0.0616 e. The van der Waals surface area contributed by atoms with Gasteiger partial charge in [0, 0.05) is 0 Å². The lowest BCUT2D eigenvalue weighted by atomic mass is 9.77. The van der Waals surface area contributed by atoms with E-state index in [0.717, 1.165) is 38.5 Å². The van der Waals surface area contributed by atoms with E-state index in [1.807, 2.05) is 0 Å². The second-order valence-corrected chi connectivity index (χ2v) is 23.3. The van der Waals surface area contributed by atoms with E-state index in [1.54, 1.807) is 131 Å². The maximum Gasteiger partial charge on any atom is -0.000409 e. The summed E-state index contributed by atoms with van der Waals surface area (Å²) in [4.78, 5) is 0. The summed E-state index contributed by atoms with van der Waals surface area (Å²) < 4.78 is 0. The summed E-state index contributed by atoms with van der Waals surface area (Å²) in [5, 5.41) is 25.0. The second kappa shape index (κ2) is 11.2. The van der Waals surface area contributed by atoms with Crippen molar-refractivity contribution < 1.29 is 0 Å². The zero-order chi connectivity index (χ0) is 46.1. The molecule has 0 fully saturated rings. The van der Waals surface area contributed by atoms with E-state index >= 15 is 0 Å². The Labute approximate surface area is 406 Å². The molecule has 12 aromatic rings. The van der Waals surface area contributed by atoms with Gasteiger partial charge >= 0.3 is 0 Å². The summed E-state index contributed by atoms with van der Waals surface area (Å²) in [5.41, 5.74) is 42.1. The Kier molecular flexibility index (Phi) is 5.85. The van der Waals surface area contributed by atoms with E-state index in [4.69, 9.17) is 0 Å². The maximum absolute atomic E-state index is 2.68. The first-order chi connectivity index (χ1) is 34.1. The van der Waals surface area contributed by atoms with E-state index in [-0.39, 0.29) is 0 Å². The van der Waals surface area contributed by atoms with Crippen molar-refractivity contribution >= 4 is 86.2 Å². The fourth-order valence-electron chi connectivity index (χ4n) is 17.5. The summed E-state index contributed by atoms with van der Waals surface area (Å²) in [6, 6.07) is 29.7. The number of hydrogen-bond acceptors (Lipinski definition) is 0. The third-order valence-electron chi connectivity index (χ3n) is 21.2. The molecule has 7 aliphatic carbocycles. The molecule has 70 heavy (non-hydrogen) atoms. The zero-order valence-electron chi connectivity index (χ0n) is 41.2. The van der Waals surface area contributed by atoms with Gasteiger partial charge in [-0.15, -0.1) is 0 Å². The van der Waals surface area contributed by atoms with Crippen molar-refractivity contribution in [3.63, 3.8) is 0 Å². The van der Waals surface area contributed by atoms with Crippen molar-refractivity contribution in [2.45, 2.75) is 93.9 Å². The second-order valence-electron chi connectivity index (χ2n) is 23.3. The van der Waals surface area contributed by atoms with Crippen LogP contribution < -0.4 is 0 Å². The van der Waals surface area contributed by atoms with Gasteiger partial charge in [-0.3, -0.25) is 0 Å². The van der Waals surface area contributed by atoms with Crippen molar-refractivity contribution in [1.82, 2.24) is 0 Å². The largest absolute Gasteiger partial charge is 0.0616 e. The predicted octanol–water partition coefficient (Wildman–Crippen LogP) is 17.8. The molecule has 12 aromatic carbocycles. The Morgan fingerprint density at radius 1 is 0.200 bits per heavy atom. The Balaban J connectivity index is 0.948. The van der Waals surface area contributed by atoms with Crippen LogP contribution in [-0.2, 0) is 38.5 Å². The summed E-state index contributed by atoms with van der Waals surface area (Å²) in [5.74, 6) is 0. The molecule has 0 spiro atoms. The molecule has 0 N–H and O–H groups in total. The van der Waals surface area contributed by atoms with Crippen LogP contribution in [0.2, 0.25) is 0 Å². The summed E-state index contributed by atoms with van der Waals surface area (Å²) in [7, 11) is 0. The average Bonchev–Trinajstić information content (AvgIpc) is 4.25. The van der Waals surface area contributed by atoms with Crippen molar-refractivity contribution in [2.24, 2.45) is 0 Å². The van der Waals surface area contributed by atoms with Crippen LogP contribution in [0.4, 0.5) is 0 Å². The smallest absolute Gasteiger partial charge is 0.000409 e. The lowest BCUT2D eigenvalue weighted by Gasteiger charge is -2.26. The van der Waals surface area contributed by atoms with Gasteiger partial charge < -0.3 is 0 Å². The molecular formula is C70H48. The van der Waals surface area contributed by atoms with Crippen LogP contribution in [0.3, 0.4) is 0 Å². The van der Waals surface area contributed by atoms with Gasteiger partial charge in [0.1, 0.15) is 0 Å². The van der Waals surface area contributed by atoms with Gasteiger partial charge in [0.2, 0.25) is 0 Å². The standard InChI is InChI=1S/C70H48/c1-27-31(5)43-19-55-51-23-47-35-13-9-10-14-36(35)49-25-53-54(58-22-46-34(8)30(4)42-18-41-29(3)33(7)45-21-57(53)69-65(45)61(41)62(42)66(46)70(58)69)26-50(49)38-16-12-11-15-37(38)48(47)24-52(51)56-20-44-32(6)28(2)40-17-39(27)59-60(40)64(44)68(56)67(55)63(43)59/h9-16,23-26H,17-22H2,1-8H3. The monoisotopic (exact) mass is 888 g/mol. The molecule has 0 saturated carbocycles. The highest BCUT2D eigenvalue weighted by Crippen LogP contribution is 2.62. The SMILES string of the molecule is Cc1c(C)c2c3c4c1Cc1c(C)c(C)c5c(c14)c1c(c4cc6c(cc4c(c31)C2)-c1ccccc1-c1cc2c3c4c7c(c(C)c(C)c8c7c7c(c(C)c(C)c9c7c4c(c2cc1-c1ccccc1-6)C9)C8)C3)C5. The Hall–Kier alpha value is -7.28. The molecule has 0 aliphatic heterocycles. The van der Waals surface area contributed by atoms with Gasteiger partial charge in [-0.05, 0) is 360 Å². The lowest BCUT2D eigenvalue weighted by molar-refractivity contribution is 1.13. The summed E-state index contributed by atoms with van der Waals surface area (Å²) >= 11 is 0. The topological polar surface area (TPSA) is 0 Å². The van der Waals surface area contributed by atoms with Crippen molar-refractivity contribution in [3.8, 4) is 44.5 Å². The highest BCUT2D eigenvalue weighted by molar-refractivity contribution is 6.38. The highest BCUT2D eigenvalue weighted by Gasteiger charge is 2.40. The van der Waals surface area contributed by atoms with E-state index in [9.17, 15) is 0 Å². The molecule has 0 heterocycles. The van der Waals surface area contributed by atoms with Crippen LogP contribution in [0, 0.1) is 55.4 Å². The predicted molar refractivity (Wildman–Crippen MR) is 297 cm³/mol. The molecule has 0 radical (unpaired) electrons. The Morgan fingerprint density at radius 2 is 0.357 bits per heavy atom. The van der Waals surface area contributed by atoms with Gasteiger partial charge in [-0.2, -0.15) is 0 Å². The van der Waals surface area contributed by atoms with Crippen molar-refractivity contribution in [3.05, 3.63) is 184 Å². The Morgan fingerprint density at radius 3 is 0.543 bits per heavy atom. The van der Waals surface area contributed by atoms with E-state index in [2.05, 4.69) is 128 Å². The van der Waals surface area contributed by atoms with Crippen LogP contribution in [0.5, 0.6) is 0 Å². The molecule has 0 heteroatoms. The number of hydrogen-bond donors (Lipinski definition) is 0. The van der Waals surface area contributed by atoms with Crippen molar-refractivity contribution in [2.75, 3.05) is 0 Å². The first-order valence-corrected chi connectivity index (χ1v) is 26.2. The van der Waals surface area contributed by atoms with Gasteiger partial charge in [0.15, 0.2) is 0 Å². The van der Waals surface area contributed by atoms with E-state index < -0.39 is 0 Å². The van der Waals surface area contributed by atoms with Crippen molar-refractivity contribution in [1.29, 1.82) is 0 Å². The quantitative estimate of drug-likeness (QED) is 0.105. The first-order valence-electron chi connectivity index (χ1n) is 26.2. The minimum absolute atomic E-state index is 1.02. The van der Waals surface area contributed by atoms with Gasteiger partial charge in [0.05, 0.1) is 0 Å². The molecule has 0 amide bonds. The molecule has 0 aromatic heterocycles.